The molecule has 1 atom stereocenters. The van der Waals surface area contributed by atoms with Gasteiger partial charge in [-0.15, -0.1) is 13.2 Å². The number of hydrogen-bond donors (Lipinski definition) is 2. The van der Waals surface area contributed by atoms with E-state index >= 15 is 0 Å². The lowest BCUT2D eigenvalue weighted by Crippen LogP contribution is -2.06. The summed E-state index contributed by atoms with van der Waals surface area (Å²) in [7, 11) is 4.75. The number of nitrogens with one attached hydrogen (secondary N) is 1. The van der Waals surface area contributed by atoms with Crippen molar-refractivity contribution in [2.45, 2.75) is 67.7 Å². The van der Waals surface area contributed by atoms with Crippen LogP contribution in [-0.4, -0.2) is 42.4 Å². The molecule has 38 heavy (non-hydrogen) atoms. The highest BCUT2D eigenvalue weighted by molar-refractivity contribution is 5.63. The molecule has 0 saturated heterocycles. The Bertz CT molecular complexity index is 910. The minimum Gasteiger partial charge on any atom is -0.400 e. The number of aryl methyl sites for hydroxylation is 2. The molecular weight excluding hydrogens is 470 g/mol. The van der Waals surface area contributed by atoms with Gasteiger partial charge < -0.3 is 15.2 Å². The molecule has 1 unspecified atom stereocenters. The highest BCUT2D eigenvalue weighted by Gasteiger charge is 2.13. The third-order valence-electron chi connectivity index (χ3n) is 4.01. The maximum atomic E-state index is 11.5. The second-order valence-corrected chi connectivity index (χ2v) is 7.26. The van der Waals surface area contributed by atoms with Crippen LogP contribution in [0, 0.1) is 13.8 Å². The zero-order valence-corrected chi connectivity index (χ0v) is 26.0. The van der Waals surface area contributed by atoms with Gasteiger partial charge in [0.1, 0.15) is 6.29 Å². The zero-order chi connectivity index (χ0) is 30.4. The number of aromatic nitrogens is 2. The van der Waals surface area contributed by atoms with Crippen molar-refractivity contribution in [3.63, 3.8) is 0 Å². The van der Waals surface area contributed by atoms with Crippen LogP contribution in [0.2, 0.25) is 0 Å². The Morgan fingerprint density at radius 3 is 1.79 bits per heavy atom. The van der Waals surface area contributed by atoms with E-state index in [1.807, 2.05) is 110 Å². The quantitative estimate of drug-likeness (QED) is 0.262. The monoisotopic (exact) mass is 525 g/mol. The van der Waals surface area contributed by atoms with Crippen LogP contribution in [0.1, 0.15) is 69.8 Å². The molecule has 2 N–H and O–H groups in total. The Hall–Kier alpha value is -3.28. The smallest absolute Gasteiger partial charge is 0.127 e. The number of carbonyl (C=O) groups excluding carboxylic acids is 1. The second kappa shape index (κ2) is 31.7. The Morgan fingerprint density at radius 2 is 1.37 bits per heavy atom. The molecule has 3 rings (SSSR count). The van der Waals surface area contributed by atoms with Crippen molar-refractivity contribution < 1.29 is 9.90 Å². The van der Waals surface area contributed by atoms with Crippen LogP contribution in [0.5, 0.6) is 0 Å². The van der Waals surface area contributed by atoms with Crippen LogP contribution in [0.15, 0.2) is 86.1 Å². The van der Waals surface area contributed by atoms with Crippen LogP contribution in [0.4, 0.5) is 0 Å². The Balaban J connectivity index is -0.000000327. The van der Waals surface area contributed by atoms with Gasteiger partial charge in [-0.05, 0) is 65.6 Å². The van der Waals surface area contributed by atoms with Crippen molar-refractivity contribution in [1.82, 2.24) is 15.1 Å². The van der Waals surface area contributed by atoms with Gasteiger partial charge in [-0.1, -0.05) is 87.4 Å². The van der Waals surface area contributed by atoms with Gasteiger partial charge in [0.05, 0.1) is 11.4 Å². The van der Waals surface area contributed by atoms with E-state index < -0.39 is 0 Å². The molecule has 214 valence electrons. The molecule has 5 nitrogen and oxygen atoms in total. The summed E-state index contributed by atoms with van der Waals surface area (Å²) >= 11 is 0. The fourth-order valence-corrected chi connectivity index (χ4v) is 2.68. The van der Waals surface area contributed by atoms with E-state index in [9.17, 15) is 4.79 Å². The summed E-state index contributed by atoms with van der Waals surface area (Å²) in [4.78, 5) is 11.5. The lowest BCUT2D eigenvalue weighted by Gasteiger charge is -2.10. The van der Waals surface area contributed by atoms with Crippen molar-refractivity contribution in [3.8, 4) is 5.69 Å². The molecule has 0 radical (unpaired) electrons. The van der Waals surface area contributed by atoms with Crippen molar-refractivity contribution >= 4 is 6.29 Å². The molecule has 0 amide bonds. The zero-order valence-electron chi connectivity index (χ0n) is 26.0. The summed E-state index contributed by atoms with van der Waals surface area (Å²) in [6.45, 7) is 22.6. The number of nitrogens with zero attached hydrogens (tertiary/aromatic N) is 2. The molecule has 0 bridgehead atoms. The Labute approximate surface area is 234 Å². The first-order valence-corrected chi connectivity index (χ1v) is 13.2. The topological polar surface area (TPSA) is 67.2 Å². The van der Waals surface area contributed by atoms with E-state index in [0.717, 1.165) is 30.3 Å². The van der Waals surface area contributed by atoms with Gasteiger partial charge in [0.15, 0.2) is 0 Å². The predicted molar refractivity (Wildman–Crippen MR) is 170 cm³/mol. The Kier molecular flexibility index (Phi) is 35.0. The maximum Gasteiger partial charge on any atom is 0.127 e. The molecule has 0 spiro atoms. The van der Waals surface area contributed by atoms with E-state index in [4.69, 9.17) is 5.11 Å². The molecule has 0 aliphatic rings. The SMILES string of the molecule is C=CC.C=CC.CC.CC.CNC.CO.Cc1ccc(-n2ccc(CC(C=O)c3cccc(C)c3)n2)cc1. The highest BCUT2D eigenvalue weighted by atomic mass is 16.2. The van der Waals surface area contributed by atoms with Crippen LogP contribution in [0.3, 0.4) is 0 Å². The van der Waals surface area contributed by atoms with Gasteiger partial charge >= 0.3 is 0 Å². The van der Waals surface area contributed by atoms with Gasteiger partial charge in [-0.25, -0.2) is 4.68 Å². The summed E-state index contributed by atoms with van der Waals surface area (Å²) in [6, 6.07) is 18.3. The average Bonchev–Trinajstić information content (AvgIpc) is 3.41. The van der Waals surface area contributed by atoms with Crippen LogP contribution < -0.4 is 5.32 Å². The first kappa shape index (κ1) is 41.8. The molecule has 0 aliphatic carbocycles. The fraction of sp³-hybridized carbons (Fsp3) is 0.394. The predicted octanol–water partition coefficient (Wildman–Crippen LogP) is 7.90. The first-order chi connectivity index (χ1) is 18.4. The molecule has 5 heteroatoms. The molecule has 3 aromatic rings. The van der Waals surface area contributed by atoms with E-state index in [-0.39, 0.29) is 5.92 Å². The van der Waals surface area contributed by atoms with Crippen molar-refractivity contribution in [1.29, 1.82) is 0 Å². The summed E-state index contributed by atoms with van der Waals surface area (Å²) in [6.07, 6.45) is 7.07. The number of aldehydes is 1. The lowest BCUT2D eigenvalue weighted by molar-refractivity contribution is -0.109. The van der Waals surface area contributed by atoms with Crippen LogP contribution in [-0.2, 0) is 11.2 Å². The van der Waals surface area contributed by atoms with Gasteiger partial charge in [-0.3, -0.25) is 0 Å². The molecule has 0 saturated carbocycles. The second-order valence-electron chi connectivity index (χ2n) is 7.26. The summed E-state index contributed by atoms with van der Waals surface area (Å²) in [5.41, 5.74) is 5.38. The fourth-order valence-electron chi connectivity index (χ4n) is 2.68. The third-order valence-corrected chi connectivity index (χ3v) is 4.01. The maximum absolute atomic E-state index is 11.5. The van der Waals surface area contributed by atoms with E-state index in [1.165, 1.54) is 11.1 Å². The molecular formula is C33H55N3O2. The number of allylic oxidation sites excluding steroid dienone is 2. The summed E-state index contributed by atoms with van der Waals surface area (Å²) < 4.78 is 1.85. The first-order valence-electron chi connectivity index (χ1n) is 13.2. The molecule has 0 aliphatic heterocycles. The number of benzene rings is 2. The lowest BCUT2D eigenvalue weighted by atomic mass is 9.94. The van der Waals surface area contributed by atoms with Gasteiger partial charge in [0.25, 0.3) is 0 Å². The Morgan fingerprint density at radius 1 is 0.895 bits per heavy atom. The van der Waals surface area contributed by atoms with Crippen LogP contribution in [0.25, 0.3) is 5.69 Å². The number of aliphatic hydroxyl groups excluding tert-OH is 1. The largest absolute Gasteiger partial charge is 0.400 e. The van der Waals surface area contributed by atoms with E-state index in [1.54, 1.807) is 12.2 Å². The molecule has 1 heterocycles. The summed E-state index contributed by atoms with van der Waals surface area (Å²) in [5, 5.41) is 14.4. The number of rotatable bonds is 5. The third kappa shape index (κ3) is 20.9. The molecule has 2 aromatic carbocycles. The van der Waals surface area contributed by atoms with Crippen molar-refractivity contribution in [3.05, 3.63) is 108 Å². The number of hydrogen-bond acceptors (Lipinski definition) is 4. The van der Waals surface area contributed by atoms with E-state index in [0.29, 0.717) is 6.42 Å². The normalized spacial score (nSPS) is 8.95. The number of aliphatic hydroxyl groups is 1. The van der Waals surface area contributed by atoms with Gasteiger partial charge in [-0.2, -0.15) is 5.10 Å². The molecule has 1 aromatic heterocycles. The minimum absolute atomic E-state index is 0.156. The molecule has 0 fully saturated rings. The van der Waals surface area contributed by atoms with Crippen molar-refractivity contribution in [2.24, 2.45) is 0 Å². The van der Waals surface area contributed by atoms with Crippen molar-refractivity contribution in [2.75, 3.05) is 21.2 Å². The highest BCUT2D eigenvalue weighted by Crippen LogP contribution is 2.20. The number of carbonyl (C=O) groups is 1. The standard InChI is InChI=1S/C20H20N2O.2C3H6.C2H7N.2C2H6.CH4O/c1-15-6-8-20(9-7-15)22-11-10-19(21-22)13-18(14-23)17-5-3-4-16(2)12-17;3*1-3-2;3*1-2/h3-12,14,18H,13H2,1-2H3;2*3H,1H2,2H3;3H,1-2H3;2*1-2H3;2H,1H3. The minimum atomic E-state index is -0.156. The summed E-state index contributed by atoms with van der Waals surface area (Å²) in [5.74, 6) is -0.156. The van der Waals surface area contributed by atoms with Gasteiger partial charge in [0, 0.05) is 25.6 Å². The van der Waals surface area contributed by atoms with E-state index in [2.05, 4.69) is 48.7 Å². The average molecular weight is 526 g/mol. The van der Waals surface area contributed by atoms with Gasteiger partial charge in [0.2, 0.25) is 0 Å². The van der Waals surface area contributed by atoms with Crippen LogP contribution >= 0.6 is 0 Å².